The van der Waals surface area contributed by atoms with Crippen LogP contribution in [0.25, 0.3) is 5.65 Å². The van der Waals surface area contributed by atoms with Crippen LogP contribution in [0.3, 0.4) is 0 Å². The minimum absolute atomic E-state index is 0.0427. The molecule has 1 amide bonds. The van der Waals surface area contributed by atoms with Crippen LogP contribution in [0.4, 0.5) is 0 Å². The van der Waals surface area contributed by atoms with Crippen molar-refractivity contribution in [2.75, 3.05) is 19.3 Å². The van der Waals surface area contributed by atoms with Crippen LogP contribution in [0.2, 0.25) is 0 Å². The Morgan fingerprint density at radius 3 is 2.47 bits per heavy atom. The molecule has 0 bridgehead atoms. The molecule has 2 aromatic heterocycles. The van der Waals surface area contributed by atoms with E-state index in [9.17, 15) is 18.5 Å². The molecule has 1 aromatic carbocycles. The fourth-order valence-corrected chi connectivity index (χ4v) is 5.14. The molecule has 0 radical (unpaired) electrons. The quantitative estimate of drug-likeness (QED) is 0.169. The summed E-state index contributed by atoms with van der Waals surface area (Å²) in [6.45, 7) is 10.1. The number of aliphatic imine (C=N–C) groups is 1. The summed E-state index contributed by atoms with van der Waals surface area (Å²) in [5.41, 5.74) is 2.57. The van der Waals surface area contributed by atoms with E-state index in [0.29, 0.717) is 47.2 Å². The zero-order chi connectivity index (χ0) is 31.9. The molecule has 12 nitrogen and oxygen atoms in total. The summed E-state index contributed by atoms with van der Waals surface area (Å²) in [4.78, 5) is 22.1. The van der Waals surface area contributed by atoms with Crippen molar-refractivity contribution in [3.63, 3.8) is 0 Å². The number of hydrazone groups is 1. The Bertz CT molecular complexity index is 1650. The number of rotatable bonds is 8. The molecule has 1 aliphatic rings. The monoisotopic (exact) mass is 609 g/mol. The maximum Gasteiger partial charge on any atom is 0.209 e. The summed E-state index contributed by atoms with van der Waals surface area (Å²) in [7, 11) is -3.39. The van der Waals surface area contributed by atoms with Crippen LogP contribution in [0.5, 0.6) is 5.88 Å². The summed E-state index contributed by atoms with van der Waals surface area (Å²) in [6, 6.07) is 12.2. The Balaban J connectivity index is 0.000000934. The molecular formula is C30H39N7O5S. The van der Waals surface area contributed by atoms with Crippen molar-refractivity contribution >= 4 is 33.3 Å². The van der Waals surface area contributed by atoms with E-state index in [4.69, 9.17) is 20.7 Å². The van der Waals surface area contributed by atoms with Gasteiger partial charge in [-0.3, -0.25) is 14.2 Å². The minimum atomic E-state index is -3.39. The second-order valence-electron chi connectivity index (χ2n) is 11.4. The molecule has 1 aliphatic heterocycles. The number of benzene rings is 1. The largest absolute Gasteiger partial charge is 0.471 e. The Hall–Kier alpha value is -4.28. The highest BCUT2D eigenvalue weighted by molar-refractivity contribution is 7.90. The number of fused-ring (bicyclic) bond motifs is 1. The number of hydrogen-bond acceptors (Lipinski definition) is 10. The molecule has 3 N–H and O–H groups in total. The molecule has 43 heavy (non-hydrogen) atoms. The number of nitrogens with two attached hydrogens (primary N) is 1. The number of amides is 1. The lowest BCUT2D eigenvalue weighted by Crippen LogP contribution is -2.34. The summed E-state index contributed by atoms with van der Waals surface area (Å²) < 4.78 is 31.9. The second kappa shape index (κ2) is 13.8. The highest BCUT2D eigenvalue weighted by atomic mass is 32.2. The number of sulfone groups is 1. The number of nitriles is 1. The predicted molar refractivity (Wildman–Crippen MR) is 165 cm³/mol. The van der Waals surface area contributed by atoms with Gasteiger partial charge in [0.1, 0.15) is 29.2 Å². The van der Waals surface area contributed by atoms with Gasteiger partial charge in [-0.15, -0.1) is 0 Å². The van der Waals surface area contributed by atoms with Crippen LogP contribution in [-0.4, -0.2) is 76.6 Å². The van der Waals surface area contributed by atoms with Crippen LogP contribution >= 0.6 is 0 Å². The van der Waals surface area contributed by atoms with Gasteiger partial charge < -0.3 is 20.6 Å². The third kappa shape index (κ3) is 9.10. The Kier molecular flexibility index (Phi) is 10.7. The smallest absolute Gasteiger partial charge is 0.209 e. The van der Waals surface area contributed by atoms with Gasteiger partial charge in [0.05, 0.1) is 28.4 Å². The number of likely N-dealkylation sites (tertiary alicyclic amines) is 1. The number of nitrogens with zero attached hydrogens (tertiary/aromatic N) is 6. The van der Waals surface area contributed by atoms with Crippen molar-refractivity contribution in [3.8, 4) is 11.9 Å². The standard InChI is InChI=1S/C26H29N7O4S.C4H10O/c1-17(30-21-7-9-32(16-34)10-8-21)26(31-28)20-12-24-29-15-22(14-27)33(24)25(13-20)37-18(2)19-5-4-6-23(11-19)38(3,35)36;1-4(2,3)5/h4-6,11-13,15-16,18,21H,7-10,28H2,1-3H3;5H,1-3H3/b30-17?,31-26+;. The average molecular weight is 610 g/mol. The van der Waals surface area contributed by atoms with Gasteiger partial charge in [-0.05, 0) is 71.2 Å². The van der Waals surface area contributed by atoms with E-state index < -0.39 is 21.5 Å². The van der Waals surface area contributed by atoms with Crippen molar-refractivity contribution in [2.45, 2.75) is 70.1 Å². The van der Waals surface area contributed by atoms with Gasteiger partial charge >= 0.3 is 0 Å². The van der Waals surface area contributed by atoms with E-state index in [1.807, 2.05) is 6.92 Å². The normalized spacial score (nSPS) is 15.8. The van der Waals surface area contributed by atoms with Crippen molar-refractivity contribution in [1.82, 2.24) is 14.3 Å². The number of imidazole rings is 1. The fourth-order valence-electron chi connectivity index (χ4n) is 4.46. The molecule has 0 saturated carbocycles. The second-order valence-corrected chi connectivity index (χ2v) is 13.4. The fraction of sp³-hybridized carbons (Fsp3) is 0.433. The number of aliphatic hydroxyl groups is 1. The SMILES string of the molecule is CC(=NC1CCN(C=O)CC1)/C(=N\N)c1cc(OC(C)c2cccc(S(C)(=O)=O)c2)n2c(C#N)cnc2c1.CC(C)(C)O. The third-order valence-electron chi connectivity index (χ3n) is 6.51. The number of piperidine rings is 1. The lowest BCUT2D eigenvalue weighted by Gasteiger charge is -2.27. The van der Waals surface area contributed by atoms with E-state index in [2.05, 4.69) is 16.2 Å². The van der Waals surface area contributed by atoms with Crippen molar-refractivity contribution < 1.29 is 23.1 Å². The Labute approximate surface area is 252 Å². The lowest BCUT2D eigenvalue weighted by atomic mass is 10.0. The maximum absolute atomic E-state index is 12.0. The molecule has 1 fully saturated rings. The summed E-state index contributed by atoms with van der Waals surface area (Å²) in [5, 5.41) is 22.2. The molecular weight excluding hydrogens is 570 g/mol. The number of pyridine rings is 1. The van der Waals surface area contributed by atoms with E-state index >= 15 is 0 Å². The summed E-state index contributed by atoms with van der Waals surface area (Å²) in [5.74, 6) is 6.12. The number of aromatic nitrogens is 2. The van der Waals surface area contributed by atoms with E-state index in [-0.39, 0.29) is 16.6 Å². The topological polar surface area (TPSA) is 176 Å². The van der Waals surface area contributed by atoms with Gasteiger partial charge in [-0.1, -0.05) is 12.1 Å². The Morgan fingerprint density at radius 1 is 1.26 bits per heavy atom. The number of ether oxygens (including phenoxy) is 1. The zero-order valence-electron chi connectivity index (χ0n) is 25.4. The number of carbonyl (C=O) groups excluding carboxylic acids is 1. The van der Waals surface area contributed by atoms with Crippen LogP contribution in [0, 0.1) is 11.3 Å². The van der Waals surface area contributed by atoms with Gasteiger partial charge in [0, 0.05) is 31.0 Å². The average Bonchev–Trinajstić information content (AvgIpc) is 3.36. The van der Waals surface area contributed by atoms with E-state index in [0.717, 1.165) is 25.5 Å². The van der Waals surface area contributed by atoms with Gasteiger partial charge in [0.15, 0.2) is 9.84 Å². The molecule has 3 aromatic rings. The van der Waals surface area contributed by atoms with Crippen molar-refractivity contribution in [3.05, 3.63) is 59.4 Å². The van der Waals surface area contributed by atoms with Gasteiger partial charge in [0.2, 0.25) is 12.3 Å². The first-order valence-corrected chi connectivity index (χ1v) is 15.7. The molecule has 4 rings (SSSR count). The van der Waals surface area contributed by atoms with Gasteiger partial charge in [-0.2, -0.15) is 10.4 Å². The highest BCUT2D eigenvalue weighted by Crippen LogP contribution is 2.27. The van der Waals surface area contributed by atoms with Gasteiger partial charge in [-0.25, -0.2) is 13.4 Å². The zero-order valence-corrected chi connectivity index (χ0v) is 26.2. The molecule has 230 valence electrons. The van der Waals surface area contributed by atoms with Crippen molar-refractivity contribution in [2.24, 2.45) is 15.9 Å². The first-order chi connectivity index (χ1) is 20.1. The molecule has 13 heteroatoms. The van der Waals surface area contributed by atoms with Crippen LogP contribution in [-0.2, 0) is 14.6 Å². The van der Waals surface area contributed by atoms with Crippen LogP contribution in [0.1, 0.15) is 70.4 Å². The maximum atomic E-state index is 12.0. The summed E-state index contributed by atoms with van der Waals surface area (Å²) in [6.07, 6.45) is 4.39. The minimum Gasteiger partial charge on any atom is -0.471 e. The number of hydrogen-bond donors (Lipinski definition) is 2. The lowest BCUT2D eigenvalue weighted by molar-refractivity contribution is -0.119. The predicted octanol–water partition coefficient (Wildman–Crippen LogP) is 3.27. The first kappa shape index (κ1) is 33.2. The van der Waals surface area contributed by atoms with E-state index in [1.165, 1.54) is 12.3 Å². The van der Waals surface area contributed by atoms with Crippen molar-refractivity contribution in [1.29, 1.82) is 5.26 Å². The first-order valence-electron chi connectivity index (χ1n) is 13.8. The molecule has 0 spiro atoms. The third-order valence-corrected chi connectivity index (χ3v) is 7.62. The molecule has 1 atom stereocenters. The number of carbonyl (C=O) groups is 1. The molecule has 1 unspecified atom stereocenters. The summed E-state index contributed by atoms with van der Waals surface area (Å²) >= 11 is 0. The highest BCUT2D eigenvalue weighted by Gasteiger charge is 2.21. The molecule has 1 saturated heterocycles. The van der Waals surface area contributed by atoms with Crippen LogP contribution < -0.4 is 10.6 Å². The van der Waals surface area contributed by atoms with E-state index in [1.54, 1.807) is 67.3 Å². The van der Waals surface area contributed by atoms with Crippen LogP contribution in [0.15, 0.2) is 57.6 Å². The molecule has 0 aliphatic carbocycles. The molecule has 3 heterocycles. The van der Waals surface area contributed by atoms with Gasteiger partial charge in [0.25, 0.3) is 0 Å². The Morgan fingerprint density at radius 2 is 1.91 bits per heavy atom.